The summed E-state index contributed by atoms with van der Waals surface area (Å²) in [6, 6.07) is -0.0828. The minimum absolute atomic E-state index is 0.0307. The zero-order valence-electron chi connectivity index (χ0n) is 9.12. The van der Waals surface area contributed by atoms with Gasteiger partial charge in [0.25, 0.3) is 0 Å². The summed E-state index contributed by atoms with van der Waals surface area (Å²) in [7, 11) is 1.77. The number of aliphatic hydroxyl groups is 1. The molecule has 0 aliphatic carbocycles. The summed E-state index contributed by atoms with van der Waals surface area (Å²) in [6.45, 7) is 3.90. The van der Waals surface area contributed by atoms with E-state index in [0.717, 1.165) is 18.6 Å². The van der Waals surface area contributed by atoms with Gasteiger partial charge in [-0.25, -0.2) is 0 Å². The maximum absolute atomic E-state index is 12.1. The molecule has 1 aliphatic heterocycles. The molecule has 0 aromatic rings. The third-order valence-electron chi connectivity index (χ3n) is 2.92. The van der Waals surface area contributed by atoms with Gasteiger partial charge in [0, 0.05) is 7.05 Å². The van der Waals surface area contributed by atoms with Gasteiger partial charge in [-0.2, -0.15) is 0 Å². The molecule has 82 valence electrons. The number of carbonyl (C=O) groups excluding carboxylic acids is 1. The second-order valence-corrected chi connectivity index (χ2v) is 5.73. The molecule has 0 saturated carbocycles. The van der Waals surface area contributed by atoms with E-state index < -0.39 is 0 Å². The Morgan fingerprint density at radius 2 is 2.36 bits per heavy atom. The summed E-state index contributed by atoms with van der Waals surface area (Å²) in [5.41, 5.74) is 0. The zero-order chi connectivity index (χ0) is 10.8. The summed E-state index contributed by atoms with van der Waals surface area (Å²) in [4.78, 5) is 13.7. The van der Waals surface area contributed by atoms with Crippen LogP contribution in [-0.4, -0.2) is 46.1 Å². The van der Waals surface area contributed by atoms with Crippen LogP contribution in [-0.2, 0) is 4.79 Å². The van der Waals surface area contributed by atoms with Gasteiger partial charge in [0.1, 0.15) is 0 Å². The van der Waals surface area contributed by atoms with Gasteiger partial charge in [-0.3, -0.25) is 4.79 Å². The highest BCUT2D eigenvalue weighted by Gasteiger charge is 2.39. The lowest BCUT2D eigenvalue weighted by atomic mass is 10.0. The van der Waals surface area contributed by atoms with Crippen molar-refractivity contribution in [2.24, 2.45) is 0 Å². The largest absolute Gasteiger partial charge is 0.394 e. The predicted molar refractivity (Wildman–Crippen MR) is 59.4 cm³/mol. The van der Waals surface area contributed by atoms with Gasteiger partial charge in [-0.15, -0.1) is 11.8 Å². The van der Waals surface area contributed by atoms with Crippen molar-refractivity contribution < 1.29 is 9.90 Å². The summed E-state index contributed by atoms with van der Waals surface area (Å²) in [5, 5.41) is 8.98. The van der Waals surface area contributed by atoms with Crippen LogP contribution in [0.5, 0.6) is 0 Å². The Labute approximate surface area is 89.9 Å². The van der Waals surface area contributed by atoms with Crippen LogP contribution in [0.4, 0.5) is 0 Å². The van der Waals surface area contributed by atoms with Crippen LogP contribution in [0.2, 0.25) is 0 Å². The molecule has 2 unspecified atom stereocenters. The van der Waals surface area contributed by atoms with Gasteiger partial charge in [0.15, 0.2) is 0 Å². The number of hydrogen-bond donors (Lipinski definition) is 1. The highest BCUT2D eigenvalue weighted by atomic mass is 32.2. The molecule has 1 N–H and O–H groups in total. The second kappa shape index (κ2) is 4.53. The Kier molecular flexibility index (Phi) is 3.84. The van der Waals surface area contributed by atoms with E-state index in [4.69, 9.17) is 5.11 Å². The standard InChI is InChI=1S/C10H19NO2S/c1-8(7-12)11(3)9(13)10(2)5-4-6-14-10/h8,12H,4-7H2,1-3H3. The quantitative estimate of drug-likeness (QED) is 0.770. The normalized spacial score (nSPS) is 28.9. The first-order valence-electron chi connectivity index (χ1n) is 5.03. The molecule has 1 aliphatic rings. The number of hydrogen-bond acceptors (Lipinski definition) is 3. The number of aliphatic hydroxyl groups excluding tert-OH is 1. The Hall–Kier alpha value is -0.220. The van der Waals surface area contributed by atoms with Crippen molar-refractivity contribution >= 4 is 17.7 Å². The zero-order valence-corrected chi connectivity index (χ0v) is 9.93. The summed E-state index contributed by atoms with van der Waals surface area (Å²) >= 11 is 1.74. The monoisotopic (exact) mass is 217 g/mol. The molecular formula is C10H19NO2S. The van der Waals surface area contributed by atoms with Crippen LogP contribution in [0, 0.1) is 0 Å². The summed E-state index contributed by atoms with van der Waals surface area (Å²) < 4.78 is -0.252. The fraction of sp³-hybridized carbons (Fsp3) is 0.900. The minimum Gasteiger partial charge on any atom is -0.394 e. The maximum atomic E-state index is 12.1. The van der Waals surface area contributed by atoms with Gasteiger partial charge in [0.2, 0.25) is 5.91 Å². The van der Waals surface area contributed by atoms with E-state index in [9.17, 15) is 4.79 Å². The first kappa shape index (κ1) is 11.9. The molecule has 0 bridgehead atoms. The lowest BCUT2D eigenvalue weighted by molar-refractivity contribution is -0.134. The molecule has 1 saturated heterocycles. The van der Waals surface area contributed by atoms with Crippen LogP contribution in [0.25, 0.3) is 0 Å². The number of carbonyl (C=O) groups is 1. The third kappa shape index (κ3) is 2.23. The molecule has 0 aromatic heterocycles. The molecule has 1 fully saturated rings. The van der Waals surface area contributed by atoms with E-state index in [-0.39, 0.29) is 23.3 Å². The Morgan fingerprint density at radius 3 is 2.79 bits per heavy atom. The lowest BCUT2D eigenvalue weighted by Crippen LogP contribution is -2.46. The van der Waals surface area contributed by atoms with Crippen LogP contribution in [0.15, 0.2) is 0 Å². The SMILES string of the molecule is CC(CO)N(C)C(=O)C1(C)CCCS1. The Balaban J connectivity index is 2.63. The van der Waals surface area contributed by atoms with E-state index in [2.05, 4.69) is 0 Å². The molecule has 0 radical (unpaired) electrons. The molecule has 14 heavy (non-hydrogen) atoms. The molecule has 2 atom stereocenters. The van der Waals surface area contributed by atoms with Gasteiger partial charge in [0.05, 0.1) is 17.4 Å². The fourth-order valence-corrected chi connectivity index (χ4v) is 2.94. The van der Waals surface area contributed by atoms with Crippen LogP contribution in [0.1, 0.15) is 26.7 Å². The van der Waals surface area contributed by atoms with Crippen molar-refractivity contribution in [3.63, 3.8) is 0 Å². The van der Waals surface area contributed by atoms with Crippen LogP contribution >= 0.6 is 11.8 Å². The average Bonchev–Trinajstić information content (AvgIpc) is 2.63. The molecule has 4 heteroatoms. The molecule has 1 amide bonds. The smallest absolute Gasteiger partial charge is 0.238 e. The number of likely N-dealkylation sites (N-methyl/N-ethyl adjacent to an activating group) is 1. The number of amides is 1. The topological polar surface area (TPSA) is 40.5 Å². The van der Waals surface area contributed by atoms with E-state index in [1.54, 1.807) is 23.7 Å². The van der Waals surface area contributed by atoms with Gasteiger partial charge in [-0.1, -0.05) is 0 Å². The van der Waals surface area contributed by atoms with Gasteiger partial charge in [-0.05, 0) is 32.4 Å². The highest BCUT2D eigenvalue weighted by Crippen LogP contribution is 2.39. The predicted octanol–water partition coefficient (Wildman–Crippen LogP) is 1.11. The lowest BCUT2D eigenvalue weighted by Gasteiger charge is -2.31. The molecule has 1 heterocycles. The average molecular weight is 217 g/mol. The summed E-state index contributed by atoms with van der Waals surface area (Å²) in [5.74, 6) is 1.23. The van der Waals surface area contributed by atoms with Crippen molar-refractivity contribution in [1.29, 1.82) is 0 Å². The molecular weight excluding hydrogens is 198 g/mol. The molecule has 3 nitrogen and oxygen atoms in total. The summed E-state index contributed by atoms with van der Waals surface area (Å²) in [6.07, 6.45) is 2.08. The Morgan fingerprint density at radius 1 is 1.71 bits per heavy atom. The first-order chi connectivity index (χ1) is 6.51. The van der Waals surface area contributed by atoms with Gasteiger partial charge < -0.3 is 10.0 Å². The van der Waals surface area contributed by atoms with Gasteiger partial charge >= 0.3 is 0 Å². The highest BCUT2D eigenvalue weighted by molar-refractivity contribution is 8.01. The second-order valence-electron chi connectivity index (χ2n) is 4.13. The van der Waals surface area contributed by atoms with Crippen molar-refractivity contribution in [3.8, 4) is 0 Å². The van der Waals surface area contributed by atoms with Crippen LogP contribution < -0.4 is 0 Å². The van der Waals surface area contributed by atoms with Crippen molar-refractivity contribution in [3.05, 3.63) is 0 Å². The van der Waals surface area contributed by atoms with E-state index in [1.165, 1.54) is 0 Å². The van der Waals surface area contributed by atoms with Crippen molar-refractivity contribution in [2.75, 3.05) is 19.4 Å². The number of nitrogens with zero attached hydrogens (tertiary/aromatic N) is 1. The third-order valence-corrected chi connectivity index (χ3v) is 4.43. The number of thioether (sulfide) groups is 1. The molecule has 0 spiro atoms. The maximum Gasteiger partial charge on any atom is 0.238 e. The molecule has 0 aromatic carbocycles. The minimum atomic E-state index is -0.252. The molecule has 1 rings (SSSR count). The van der Waals surface area contributed by atoms with Crippen LogP contribution in [0.3, 0.4) is 0 Å². The van der Waals surface area contributed by atoms with E-state index >= 15 is 0 Å². The fourth-order valence-electron chi connectivity index (χ4n) is 1.64. The van der Waals surface area contributed by atoms with E-state index in [0.29, 0.717) is 0 Å². The van der Waals surface area contributed by atoms with Crippen molar-refractivity contribution in [2.45, 2.75) is 37.5 Å². The van der Waals surface area contributed by atoms with Crippen molar-refractivity contribution in [1.82, 2.24) is 4.90 Å². The van der Waals surface area contributed by atoms with E-state index in [1.807, 2.05) is 13.8 Å². The first-order valence-corrected chi connectivity index (χ1v) is 6.02. The number of rotatable bonds is 3. The Bertz CT molecular complexity index is 214.